The van der Waals surface area contributed by atoms with Gasteiger partial charge in [-0.3, -0.25) is 4.79 Å². The van der Waals surface area contributed by atoms with Gasteiger partial charge in [0.2, 0.25) is 5.91 Å². The van der Waals surface area contributed by atoms with Gasteiger partial charge in [0.25, 0.3) is 0 Å². The Hall–Kier alpha value is -0.530. The van der Waals surface area contributed by atoms with Crippen LogP contribution in [0.1, 0.15) is 77.0 Å². The van der Waals surface area contributed by atoms with Crippen LogP contribution >= 0.6 is 0 Å². The predicted octanol–water partition coefficient (Wildman–Crippen LogP) is 3.78. The van der Waals surface area contributed by atoms with E-state index in [-0.39, 0.29) is 5.91 Å². The van der Waals surface area contributed by atoms with E-state index < -0.39 is 0 Å². The van der Waals surface area contributed by atoms with E-state index >= 15 is 0 Å². The fraction of sp³-hybridized carbons (Fsp3) is 0.929. The highest BCUT2D eigenvalue weighted by Crippen LogP contribution is 2.23. The highest BCUT2D eigenvalue weighted by molar-refractivity contribution is 5.73. The quantitative estimate of drug-likeness (QED) is 0.763. The van der Waals surface area contributed by atoms with E-state index in [2.05, 4.69) is 0 Å². The van der Waals surface area contributed by atoms with Crippen molar-refractivity contribution in [3.63, 3.8) is 0 Å². The van der Waals surface area contributed by atoms with Crippen LogP contribution in [0, 0.1) is 5.92 Å². The van der Waals surface area contributed by atoms with Crippen molar-refractivity contribution < 1.29 is 4.79 Å². The van der Waals surface area contributed by atoms with Gasteiger partial charge in [0, 0.05) is 6.42 Å². The molecular weight excluding hydrogens is 198 g/mol. The van der Waals surface area contributed by atoms with Crippen LogP contribution in [0.5, 0.6) is 0 Å². The number of hydrogen-bond donors (Lipinski definition) is 1. The van der Waals surface area contributed by atoms with Gasteiger partial charge >= 0.3 is 0 Å². The Morgan fingerprint density at radius 3 is 1.56 bits per heavy atom. The van der Waals surface area contributed by atoms with Crippen LogP contribution in [-0.4, -0.2) is 5.91 Å². The average Bonchev–Trinajstić information content (AvgIpc) is 2.21. The number of hydrogen-bond acceptors (Lipinski definition) is 1. The zero-order valence-corrected chi connectivity index (χ0v) is 10.5. The van der Waals surface area contributed by atoms with E-state index in [0.29, 0.717) is 12.3 Å². The van der Waals surface area contributed by atoms with Crippen LogP contribution < -0.4 is 5.73 Å². The van der Waals surface area contributed by atoms with Crippen molar-refractivity contribution >= 4 is 5.91 Å². The average molecular weight is 225 g/mol. The number of carbonyl (C=O) groups is 1. The van der Waals surface area contributed by atoms with E-state index in [0.717, 1.165) is 0 Å². The summed E-state index contributed by atoms with van der Waals surface area (Å²) < 4.78 is 0. The number of carbonyl (C=O) groups excluding carboxylic acids is 1. The van der Waals surface area contributed by atoms with E-state index in [4.69, 9.17) is 5.73 Å². The largest absolute Gasteiger partial charge is 0.370 e. The molecule has 0 aromatic carbocycles. The second-order valence-electron chi connectivity index (χ2n) is 5.30. The summed E-state index contributed by atoms with van der Waals surface area (Å²) in [6.45, 7) is 0. The third-order valence-electron chi connectivity index (χ3n) is 3.71. The zero-order valence-electron chi connectivity index (χ0n) is 10.5. The first-order valence-electron chi connectivity index (χ1n) is 7.07. The van der Waals surface area contributed by atoms with Gasteiger partial charge in [-0.15, -0.1) is 0 Å². The topological polar surface area (TPSA) is 43.1 Å². The molecule has 0 radical (unpaired) electrons. The third kappa shape index (κ3) is 6.86. The monoisotopic (exact) mass is 225 g/mol. The molecule has 0 aliphatic heterocycles. The molecule has 16 heavy (non-hydrogen) atoms. The molecular formula is C14H27NO. The van der Waals surface area contributed by atoms with Crippen LogP contribution in [0.15, 0.2) is 0 Å². The summed E-state index contributed by atoms with van der Waals surface area (Å²) in [4.78, 5) is 11.0. The second-order valence-corrected chi connectivity index (χ2v) is 5.30. The van der Waals surface area contributed by atoms with E-state index in [1.165, 1.54) is 70.6 Å². The standard InChI is InChI=1S/C14H27NO/c15-14(16)12-13-10-8-6-4-2-1-3-5-7-9-11-13/h13H,1-12H2,(H2,15,16). The van der Waals surface area contributed by atoms with Crippen molar-refractivity contribution in [1.29, 1.82) is 0 Å². The van der Waals surface area contributed by atoms with Gasteiger partial charge in [-0.1, -0.05) is 57.8 Å². The molecule has 0 heterocycles. The Bertz CT molecular complexity index is 179. The molecule has 0 saturated heterocycles. The summed E-state index contributed by atoms with van der Waals surface area (Å²) in [7, 11) is 0. The zero-order chi connectivity index (χ0) is 11.6. The van der Waals surface area contributed by atoms with Crippen LogP contribution in [0.3, 0.4) is 0 Å². The normalized spacial score (nSPS) is 22.0. The van der Waals surface area contributed by atoms with Gasteiger partial charge in [0.15, 0.2) is 0 Å². The molecule has 0 spiro atoms. The highest BCUT2D eigenvalue weighted by atomic mass is 16.1. The molecule has 2 heteroatoms. The summed E-state index contributed by atoms with van der Waals surface area (Å²) in [6.07, 6.45) is 15.3. The van der Waals surface area contributed by atoms with Crippen LogP contribution in [0.2, 0.25) is 0 Å². The molecule has 0 aromatic heterocycles. The van der Waals surface area contributed by atoms with Crippen LogP contribution in [-0.2, 0) is 4.79 Å². The minimum absolute atomic E-state index is 0.114. The molecule has 1 fully saturated rings. The lowest BCUT2D eigenvalue weighted by Crippen LogP contribution is -2.16. The lowest BCUT2D eigenvalue weighted by atomic mass is 9.90. The lowest BCUT2D eigenvalue weighted by molar-refractivity contribution is -0.119. The molecule has 2 N–H and O–H groups in total. The molecule has 0 unspecified atom stereocenters. The Balaban J connectivity index is 2.27. The highest BCUT2D eigenvalue weighted by Gasteiger charge is 2.11. The van der Waals surface area contributed by atoms with E-state index in [9.17, 15) is 4.79 Å². The fourth-order valence-electron chi connectivity index (χ4n) is 2.74. The van der Waals surface area contributed by atoms with Crippen molar-refractivity contribution in [1.82, 2.24) is 0 Å². The fourth-order valence-corrected chi connectivity index (χ4v) is 2.74. The van der Waals surface area contributed by atoms with Gasteiger partial charge < -0.3 is 5.73 Å². The van der Waals surface area contributed by atoms with Gasteiger partial charge in [0.1, 0.15) is 0 Å². The Morgan fingerprint density at radius 2 is 1.19 bits per heavy atom. The summed E-state index contributed by atoms with van der Waals surface area (Å²) in [6, 6.07) is 0. The van der Waals surface area contributed by atoms with Crippen molar-refractivity contribution in [2.24, 2.45) is 11.7 Å². The number of amides is 1. The molecule has 1 aliphatic rings. The van der Waals surface area contributed by atoms with Crippen molar-refractivity contribution in [2.75, 3.05) is 0 Å². The lowest BCUT2D eigenvalue weighted by Gasteiger charge is -2.16. The minimum Gasteiger partial charge on any atom is -0.370 e. The number of rotatable bonds is 2. The van der Waals surface area contributed by atoms with Crippen LogP contribution in [0.25, 0.3) is 0 Å². The number of nitrogens with two attached hydrogens (primary N) is 1. The maximum absolute atomic E-state index is 11.0. The summed E-state index contributed by atoms with van der Waals surface area (Å²) >= 11 is 0. The minimum atomic E-state index is -0.114. The first-order valence-corrected chi connectivity index (χ1v) is 7.07. The molecule has 1 aliphatic carbocycles. The molecule has 94 valence electrons. The van der Waals surface area contributed by atoms with Gasteiger partial charge in [-0.05, 0) is 18.8 Å². The SMILES string of the molecule is NC(=O)CC1CCCCCCCCCCC1. The molecule has 1 saturated carbocycles. The molecule has 0 atom stereocenters. The van der Waals surface area contributed by atoms with E-state index in [1.807, 2.05) is 0 Å². The van der Waals surface area contributed by atoms with Crippen molar-refractivity contribution in [3.8, 4) is 0 Å². The molecule has 1 rings (SSSR count). The van der Waals surface area contributed by atoms with Gasteiger partial charge in [-0.2, -0.15) is 0 Å². The van der Waals surface area contributed by atoms with Crippen molar-refractivity contribution in [2.45, 2.75) is 77.0 Å². The Labute approximate surface area is 100.0 Å². The molecule has 1 amide bonds. The second kappa shape index (κ2) is 8.60. The number of primary amides is 1. The summed E-state index contributed by atoms with van der Waals surface area (Å²) in [5, 5.41) is 0. The van der Waals surface area contributed by atoms with E-state index in [1.54, 1.807) is 0 Å². The van der Waals surface area contributed by atoms with Crippen LogP contribution in [0.4, 0.5) is 0 Å². The maximum atomic E-state index is 11.0. The summed E-state index contributed by atoms with van der Waals surface area (Å²) in [5.41, 5.74) is 5.30. The predicted molar refractivity (Wildman–Crippen MR) is 68.1 cm³/mol. The molecule has 0 bridgehead atoms. The third-order valence-corrected chi connectivity index (χ3v) is 3.71. The first-order chi connectivity index (χ1) is 7.79. The maximum Gasteiger partial charge on any atom is 0.217 e. The van der Waals surface area contributed by atoms with Gasteiger partial charge in [0.05, 0.1) is 0 Å². The smallest absolute Gasteiger partial charge is 0.217 e. The molecule has 0 aromatic rings. The van der Waals surface area contributed by atoms with Crippen molar-refractivity contribution in [3.05, 3.63) is 0 Å². The molecule has 2 nitrogen and oxygen atoms in total. The summed E-state index contributed by atoms with van der Waals surface area (Å²) in [5.74, 6) is 0.453. The Morgan fingerprint density at radius 1 is 0.812 bits per heavy atom. The Kier molecular flexibility index (Phi) is 7.28. The first kappa shape index (κ1) is 13.5. The van der Waals surface area contributed by atoms with Gasteiger partial charge in [-0.25, -0.2) is 0 Å².